The molecule has 0 fully saturated rings. The SMILES string of the molecule is COC(=O)c1cc(Br)c[nH]c1=O.COCCn1cc(Br)cc(C(=O)OC)c1=O. The summed E-state index contributed by atoms with van der Waals surface area (Å²) in [5, 5.41) is 0. The Bertz CT molecular complexity index is 953. The Morgan fingerprint density at radius 1 is 1.00 bits per heavy atom. The van der Waals surface area contributed by atoms with E-state index >= 15 is 0 Å². The molecule has 0 amide bonds. The van der Waals surface area contributed by atoms with Gasteiger partial charge in [-0.2, -0.15) is 0 Å². The van der Waals surface area contributed by atoms with Gasteiger partial charge in [-0.15, -0.1) is 0 Å². The minimum absolute atomic E-state index is 0.00739. The number of nitrogens with zero attached hydrogens (tertiary/aromatic N) is 1. The molecule has 2 aromatic heterocycles. The van der Waals surface area contributed by atoms with Crippen molar-refractivity contribution >= 4 is 43.8 Å². The highest BCUT2D eigenvalue weighted by Crippen LogP contribution is 2.09. The lowest BCUT2D eigenvalue weighted by molar-refractivity contribution is 0.0589. The topological polar surface area (TPSA) is 117 Å². The molecule has 0 aliphatic carbocycles. The molecular formula is C17H18Br2N2O7. The van der Waals surface area contributed by atoms with E-state index in [9.17, 15) is 19.2 Å². The van der Waals surface area contributed by atoms with Crippen molar-refractivity contribution < 1.29 is 23.8 Å². The van der Waals surface area contributed by atoms with Crippen LogP contribution in [0.5, 0.6) is 0 Å². The quantitative estimate of drug-likeness (QED) is 0.598. The van der Waals surface area contributed by atoms with Gasteiger partial charge >= 0.3 is 11.9 Å². The van der Waals surface area contributed by atoms with E-state index in [2.05, 4.69) is 46.3 Å². The first-order valence-corrected chi connectivity index (χ1v) is 9.27. The van der Waals surface area contributed by atoms with Crippen molar-refractivity contribution in [2.75, 3.05) is 27.9 Å². The number of aromatic nitrogens is 2. The van der Waals surface area contributed by atoms with Crippen molar-refractivity contribution in [2.45, 2.75) is 6.54 Å². The number of pyridine rings is 2. The number of halogens is 2. The summed E-state index contributed by atoms with van der Waals surface area (Å²) >= 11 is 6.34. The normalized spacial score (nSPS) is 9.89. The molecule has 11 heteroatoms. The van der Waals surface area contributed by atoms with Crippen LogP contribution in [0.3, 0.4) is 0 Å². The molecule has 0 aromatic carbocycles. The molecule has 0 radical (unpaired) electrons. The summed E-state index contributed by atoms with van der Waals surface area (Å²) in [4.78, 5) is 47.4. The van der Waals surface area contributed by atoms with E-state index in [0.29, 0.717) is 22.1 Å². The second-order valence-corrected chi connectivity index (χ2v) is 6.94. The number of hydrogen-bond acceptors (Lipinski definition) is 7. The molecule has 0 saturated carbocycles. The van der Waals surface area contributed by atoms with Gasteiger partial charge in [0.05, 0.1) is 20.8 Å². The first-order valence-electron chi connectivity index (χ1n) is 7.68. The number of rotatable bonds is 5. The van der Waals surface area contributed by atoms with E-state index in [0.717, 1.165) is 0 Å². The van der Waals surface area contributed by atoms with Crippen LogP contribution in [0.2, 0.25) is 0 Å². The third kappa shape index (κ3) is 6.73. The maximum Gasteiger partial charge on any atom is 0.343 e. The number of nitrogens with one attached hydrogen (secondary N) is 1. The average molecular weight is 522 g/mol. The second kappa shape index (κ2) is 11.6. The van der Waals surface area contributed by atoms with Gasteiger partial charge in [0.2, 0.25) is 0 Å². The maximum atomic E-state index is 11.8. The Balaban J connectivity index is 0.000000292. The average Bonchev–Trinajstić information content (AvgIpc) is 2.69. The predicted molar refractivity (Wildman–Crippen MR) is 108 cm³/mol. The van der Waals surface area contributed by atoms with Gasteiger partial charge in [0, 0.05) is 35.0 Å². The van der Waals surface area contributed by atoms with Gasteiger partial charge in [-0.1, -0.05) is 0 Å². The molecule has 0 saturated heterocycles. The van der Waals surface area contributed by atoms with Crippen molar-refractivity contribution in [3.8, 4) is 0 Å². The minimum Gasteiger partial charge on any atom is -0.465 e. The Morgan fingerprint density at radius 3 is 2.14 bits per heavy atom. The fourth-order valence-corrected chi connectivity index (χ4v) is 2.75. The molecule has 0 unspecified atom stereocenters. The molecule has 2 aromatic rings. The molecular weight excluding hydrogens is 504 g/mol. The molecule has 0 aliphatic rings. The summed E-state index contributed by atoms with van der Waals surface area (Å²) in [7, 11) is 4.01. The van der Waals surface area contributed by atoms with Crippen LogP contribution in [0.15, 0.2) is 43.1 Å². The number of aromatic amines is 1. The van der Waals surface area contributed by atoms with Gasteiger partial charge in [0.1, 0.15) is 11.1 Å². The summed E-state index contributed by atoms with van der Waals surface area (Å²) in [5.41, 5.74) is -0.836. The lowest BCUT2D eigenvalue weighted by atomic mass is 10.3. The van der Waals surface area contributed by atoms with Crippen molar-refractivity contribution in [3.63, 3.8) is 0 Å². The van der Waals surface area contributed by atoms with E-state index < -0.39 is 17.5 Å². The van der Waals surface area contributed by atoms with Crippen LogP contribution in [0, 0.1) is 0 Å². The van der Waals surface area contributed by atoms with Crippen LogP contribution < -0.4 is 11.1 Å². The van der Waals surface area contributed by atoms with Gasteiger partial charge in [-0.05, 0) is 44.0 Å². The van der Waals surface area contributed by atoms with E-state index in [1.54, 1.807) is 13.3 Å². The van der Waals surface area contributed by atoms with Gasteiger partial charge in [-0.3, -0.25) is 9.59 Å². The lowest BCUT2D eigenvalue weighted by Crippen LogP contribution is -2.27. The zero-order valence-corrected chi connectivity index (χ0v) is 18.5. The highest BCUT2D eigenvalue weighted by molar-refractivity contribution is 9.10. The largest absolute Gasteiger partial charge is 0.465 e. The second-order valence-electron chi connectivity index (χ2n) is 5.11. The van der Waals surface area contributed by atoms with Gasteiger partial charge < -0.3 is 23.8 Å². The number of H-pyrrole nitrogens is 1. The van der Waals surface area contributed by atoms with Crippen molar-refractivity contribution in [1.29, 1.82) is 0 Å². The van der Waals surface area contributed by atoms with Crippen molar-refractivity contribution in [1.82, 2.24) is 9.55 Å². The smallest absolute Gasteiger partial charge is 0.343 e. The van der Waals surface area contributed by atoms with E-state index in [4.69, 9.17) is 4.74 Å². The van der Waals surface area contributed by atoms with Gasteiger partial charge in [-0.25, -0.2) is 9.59 Å². The number of esters is 2. The number of methoxy groups -OCH3 is 3. The zero-order chi connectivity index (χ0) is 21.3. The molecule has 0 aliphatic heterocycles. The fourth-order valence-electron chi connectivity index (χ4n) is 1.93. The molecule has 28 heavy (non-hydrogen) atoms. The van der Waals surface area contributed by atoms with Crippen LogP contribution >= 0.6 is 31.9 Å². The van der Waals surface area contributed by atoms with E-state index in [-0.39, 0.29) is 16.7 Å². The third-order valence-corrected chi connectivity index (χ3v) is 4.16. The molecule has 2 heterocycles. The monoisotopic (exact) mass is 520 g/mol. The van der Waals surface area contributed by atoms with Crippen LogP contribution in [-0.2, 0) is 20.8 Å². The van der Waals surface area contributed by atoms with E-state index in [1.165, 1.54) is 37.1 Å². The first-order chi connectivity index (χ1) is 13.2. The molecule has 1 N–H and O–H groups in total. The molecule has 0 spiro atoms. The van der Waals surface area contributed by atoms with Crippen molar-refractivity contribution in [2.24, 2.45) is 0 Å². The fraction of sp³-hybridized carbons (Fsp3) is 0.294. The Morgan fingerprint density at radius 2 is 1.57 bits per heavy atom. The van der Waals surface area contributed by atoms with Crippen LogP contribution in [-0.4, -0.2) is 49.4 Å². The van der Waals surface area contributed by atoms with Crippen molar-refractivity contribution in [3.05, 3.63) is 65.3 Å². The number of ether oxygens (including phenoxy) is 3. The molecule has 9 nitrogen and oxygen atoms in total. The summed E-state index contributed by atoms with van der Waals surface area (Å²) in [6.07, 6.45) is 3.06. The van der Waals surface area contributed by atoms with Gasteiger partial charge in [0.15, 0.2) is 0 Å². The van der Waals surface area contributed by atoms with Crippen LogP contribution in [0.1, 0.15) is 20.7 Å². The molecule has 0 bridgehead atoms. The van der Waals surface area contributed by atoms with Crippen LogP contribution in [0.4, 0.5) is 0 Å². The Kier molecular flexibility index (Phi) is 9.83. The number of carbonyl (C=O) groups excluding carboxylic acids is 2. The number of hydrogen-bond donors (Lipinski definition) is 1. The maximum absolute atomic E-state index is 11.8. The standard InChI is InChI=1S/C10H12BrNO4.C7H6BrNO3/c1-15-4-3-12-6-7(11)5-8(9(12)13)10(14)16-2;1-12-7(11)5-2-4(8)3-9-6(5)10/h5-6H,3-4H2,1-2H3;2-3H,1H3,(H,9,10). The first kappa shape index (κ1) is 23.8. The Labute approximate surface area is 176 Å². The summed E-state index contributed by atoms with van der Waals surface area (Å²) in [6.45, 7) is 0.787. The lowest BCUT2D eigenvalue weighted by Gasteiger charge is -2.07. The van der Waals surface area contributed by atoms with Gasteiger partial charge in [0.25, 0.3) is 11.1 Å². The highest BCUT2D eigenvalue weighted by atomic mass is 79.9. The minimum atomic E-state index is -0.641. The summed E-state index contributed by atoms with van der Waals surface area (Å²) in [5.74, 6) is -1.28. The zero-order valence-electron chi connectivity index (χ0n) is 15.3. The Hall–Kier alpha value is -2.24. The summed E-state index contributed by atoms with van der Waals surface area (Å²) < 4.78 is 16.5. The third-order valence-electron chi connectivity index (χ3n) is 3.27. The molecule has 0 atom stereocenters. The van der Waals surface area contributed by atoms with Crippen LogP contribution in [0.25, 0.3) is 0 Å². The van der Waals surface area contributed by atoms with E-state index in [1.807, 2.05) is 0 Å². The number of carbonyl (C=O) groups is 2. The molecule has 2 rings (SSSR count). The predicted octanol–water partition coefficient (Wildman–Crippen LogP) is 1.97. The summed E-state index contributed by atoms with van der Waals surface area (Å²) in [6, 6.07) is 2.85. The highest BCUT2D eigenvalue weighted by Gasteiger charge is 2.14. The molecule has 152 valence electrons.